The Hall–Kier alpha value is -1.22. The van der Waals surface area contributed by atoms with E-state index in [1.807, 2.05) is 0 Å². The molecule has 0 aliphatic carbocycles. The van der Waals surface area contributed by atoms with Crippen LogP contribution in [0.4, 0.5) is 0 Å². The van der Waals surface area contributed by atoms with Crippen molar-refractivity contribution in [3.8, 4) is 5.75 Å². The van der Waals surface area contributed by atoms with Crippen molar-refractivity contribution >= 4 is 23.4 Å². The standard InChI is InChI=1S/C7H5NO2.ClH/c9-6-4-8-3-5-1-2-10-7(5)6;/h1-4,9H;1H. The molecule has 0 atom stereocenters. The molecule has 0 aliphatic heterocycles. The third-order valence-corrected chi connectivity index (χ3v) is 1.34. The molecule has 0 unspecified atom stereocenters. The molecular formula is C7H6ClNO2. The van der Waals surface area contributed by atoms with Crippen LogP contribution in [-0.4, -0.2) is 10.1 Å². The summed E-state index contributed by atoms with van der Waals surface area (Å²) in [4.78, 5) is 3.77. The zero-order valence-electron chi connectivity index (χ0n) is 5.52. The first kappa shape index (κ1) is 7.88. The number of fused-ring (bicyclic) bond motifs is 1. The minimum absolute atomic E-state index is 0. The second-order valence-electron chi connectivity index (χ2n) is 2.00. The molecule has 0 radical (unpaired) electrons. The lowest BCUT2D eigenvalue weighted by atomic mass is 10.3. The molecule has 0 saturated heterocycles. The summed E-state index contributed by atoms with van der Waals surface area (Å²) in [5.74, 6) is 0.0856. The number of pyridine rings is 1. The topological polar surface area (TPSA) is 46.3 Å². The Balaban J connectivity index is 0.000000605. The van der Waals surface area contributed by atoms with Gasteiger partial charge in [-0.15, -0.1) is 12.4 Å². The Morgan fingerprint density at radius 1 is 1.36 bits per heavy atom. The van der Waals surface area contributed by atoms with Gasteiger partial charge in [0.1, 0.15) is 0 Å². The van der Waals surface area contributed by atoms with Gasteiger partial charge in [0.15, 0.2) is 11.3 Å². The SMILES string of the molecule is Cl.Oc1cncc2ccoc12. The predicted octanol–water partition coefficient (Wildman–Crippen LogP) is 1.96. The van der Waals surface area contributed by atoms with Crippen molar-refractivity contribution in [1.29, 1.82) is 0 Å². The molecule has 2 aromatic heterocycles. The maximum Gasteiger partial charge on any atom is 0.178 e. The van der Waals surface area contributed by atoms with Crippen LogP contribution in [0, 0.1) is 0 Å². The zero-order chi connectivity index (χ0) is 6.97. The molecule has 11 heavy (non-hydrogen) atoms. The maximum atomic E-state index is 9.10. The Labute approximate surface area is 69.1 Å². The molecule has 58 valence electrons. The van der Waals surface area contributed by atoms with Gasteiger partial charge >= 0.3 is 0 Å². The van der Waals surface area contributed by atoms with Crippen molar-refractivity contribution in [2.75, 3.05) is 0 Å². The zero-order valence-corrected chi connectivity index (χ0v) is 6.34. The van der Waals surface area contributed by atoms with Crippen LogP contribution in [0.2, 0.25) is 0 Å². The summed E-state index contributed by atoms with van der Waals surface area (Å²) in [5, 5.41) is 9.92. The van der Waals surface area contributed by atoms with E-state index >= 15 is 0 Å². The van der Waals surface area contributed by atoms with E-state index in [4.69, 9.17) is 9.52 Å². The number of hydrogen-bond donors (Lipinski definition) is 1. The van der Waals surface area contributed by atoms with Gasteiger partial charge in [-0.1, -0.05) is 0 Å². The first-order valence-corrected chi connectivity index (χ1v) is 2.88. The van der Waals surface area contributed by atoms with Gasteiger partial charge in [0, 0.05) is 11.6 Å². The monoisotopic (exact) mass is 171 g/mol. The lowest BCUT2D eigenvalue weighted by Gasteiger charge is -1.88. The van der Waals surface area contributed by atoms with Gasteiger partial charge in [0.2, 0.25) is 0 Å². The third kappa shape index (κ3) is 1.14. The first-order chi connectivity index (χ1) is 4.88. The van der Waals surface area contributed by atoms with Gasteiger partial charge < -0.3 is 9.52 Å². The molecule has 0 saturated carbocycles. The van der Waals surface area contributed by atoms with Crippen molar-refractivity contribution in [2.24, 2.45) is 0 Å². The number of halogens is 1. The molecule has 3 nitrogen and oxygen atoms in total. The van der Waals surface area contributed by atoms with E-state index in [9.17, 15) is 0 Å². The fraction of sp³-hybridized carbons (Fsp3) is 0. The molecule has 0 aromatic carbocycles. The van der Waals surface area contributed by atoms with Crippen molar-refractivity contribution in [3.63, 3.8) is 0 Å². The third-order valence-electron chi connectivity index (χ3n) is 1.34. The Morgan fingerprint density at radius 2 is 2.18 bits per heavy atom. The van der Waals surface area contributed by atoms with Gasteiger partial charge in [-0.2, -0.15) is 0 Å². The van der Waals surface area contributed by atoms with Crippen LogP contribution in [0.25, 0.3) is 11.0 Å². The van der Waals surface area contributed by atoms with Crippen LogP contribution in [0.1, 0.15) is 0 Å². The highest BCUT2D eigenvalue weighted by atomic mass is 35.5. The predicted molar refractivity (Wildman–Crippen MR) is 42.9 cm³/mol. The maximum absolute atomic E-state index is 9.10. The highest BCUT2D eigenvalue weighted by Crippen LogP contribution is 2.22. The van der Waals surface area contributed by atoms with E-state index < -0.39 is 0 Å². The quantitative estimate of drug-likeness (QED) is 0.659. The number of aromatic hydroxyl groups is 1. The Kier molecular flexibility index (Phi) is 2.01. The summed E-state index contributed by atoms with van der Waals surface area (Å²) in [7, 11) is 0. The highest BCUT2D eigenvalue weighted by Gasteiger charge is 2.00. The number of nitrogens with zero attached hydrogens (tertiary/aromatic N) is 1. The Morgan fingerprint density at radius 3 is 2.91 bits per heavy atom. The number of aromatic nitrogens is 1. The van der Waals surface area contributed by atoms with E-state index in [1.54, 1.807) is 12.3 Å². The van der Waals surface area contributed by atoms with E-state index in [2.05, 4.69) is 4.98 Å². The smallest absolute Gasteiger partial charge is 0.178 e. The van der Waals surface area contributed by atoms with Crippen LogP contribution in [0.5, 0.6) is 5.75 Å². The fourth-order valence-corrected chi connectivity index (χ4v) is 0.876. The normalized spacial score (nSPS) is 9.45. The minimum Gasteiger partial charge on any atom is -0.503 e. The van der Waals surface area contributed by atoms with Crippen LogP contribution in [0.15, 0.2) is 29.1 Å². The van der Waals surface area contributed by atoms with Gasteiger partial charge in [-0.25, -0.2) is 0 Å². The molecule has 0 fully saturated rings. The average Bonchev–Trinajstić information content (AvgIpc) is 2.36. The van der Waals surface area contributed by atoms with Crippen LogP contribution in [-0.2, 0) is 0 Å². The molecule has 2 rings (SSSR count). The molecule has 4 heteroatoms. The number of hydrogen-bond acceptors (Lipinski definition) is 3. The van der Waals surface area contributed by atoms with E-state index in [0.717, 1.165) is 5.39 Å². The van der Waals surface area contributed by atoms with E-state index in [-0.39, 0.29) is 18.2 Å². The second kappa shape index (κ2) is 2.80. The van der Waals surface area contributed by atoms with Gasteiger partial charge in [-0.05, 0) is 6.07 Å². The lowest BCUT2D eigenvalue weighted by molar-refractivity contribution is 0.462. The van der Waals surface area contributed by atoms with Crippen LogP contribution in [0.3, 0.4) is 0 Å². The van der Waals surface area contributed by atoms with Crippen LogP contribution >= 0.6 is 12.4 Å². The average molecular weight is 172 g/mol. The highest BCUT2D eigenvalue weighted by molar-refractivity contribution is 5.85. The van der Waals surface area contributed by atoms with Crippen molar-refractivity contribution in [3.05, 3.63) is 24.7 Å². The molecular weight excluding hydrogens is 166 g/mol. The molecule has 0 aliphatic rings. The fourth-order valence-electron chi connectivity index (χ4n) is 0.876. The van der Waals surface area contributed by atoms with Gasteiger partial charge in [-0.3, -0.25) is 4.98 Å². The summed E-state index contributed by atoms with van der Waals surface area (Å²) in [6.07, 6.45) is 4.51. The molecule has 1 N–H and O–H groups in total. The van der Waals surface area contributed by atoms with Crippen molar-refractivity contribution in [1.82, 2.24) is 4.98 Å². The molecule has 0 amide bonds. The minimum atomic E-state index is 0. The Bertz CT molecular complexity index is 358. The molecule has 2 heterocycles. The van der Waals surface area contributed by atoms with Crippen LogP contribution < -0.4 is 0 Å². The van der Waals surface area contributed by atoms with Crippen molar-refractivity contribution < 1.29 is 9.52 Å². The first-order valence-electron chi connectivity index (χ1n) is 2.88. The molecule has 0 bridgehead atoms. The molecule has 0 spiro atoms. The summed E-state index contributed by atoms with van der Waals surface area (Å²) in [6, 6.07) is 1.75. The van der Waals surface area contributed by atoms with Crippen molar-refractivity contribution in [2.45, 2.75) is 0 Å². The number of rotatable bonds is 0. The summed E-state index contributed by atoms with van der Waals surface area (Å²) in [6.45, 7) is 0. The van der Waals surface area contributed by atoms with E-state index in [0.29, 0.717) is 5.58 Å². The van der Waals surface area contributed by atoms with E-state index in [1.165, 1.54) is 12.5 Å². The largest absolute Gasteiger partial charge is 0.503 e. The summed E-state index contributed by atoms with van der Waals surface area (Å²) < 4.78 is 4.96. The lowest BCUT2D eigenvalue weighted by Crippen LogP contribution is -1.69. The second-order valence-corrected chi connectivity index (χ2v) is 2.00. The van der Waals surface area contributed by atoms with Gasteiger partial charge in [0.25, 0.3) is 0 Å². The number of furan rings is 1. The molecule has 2 aromatic rings. The summed E-state index contributed by atoms with van der Waals surface area (Å²) in [5.41, 5.74) is 0.495. The van der Waals surface area contributed by atoms with Gasteiger partial charge in [0.05, 0.1) is 12.5 Å². The summed E-state index contributed by atoms with van der Waals surface area (Å²) >= 11 is 0.